The maximum Gasteiger partial charge on any atom is 0.335 e. The van der Waals surface area contributed by atoms with Gasteiger partial charge in [-0.3, -0.25) is 10.1 Å². The van der Waals surface area contributed by atoms with Crippen LogP contribution in [-0.4, -0.2) is 16.0 Å². The Morgan fingerprint density at radius 3 is 2.50 bits per heavy atom. The molecule has 1 N–H and O–H groups in total. The number of carboxylic acids is 1. The minimum Gasteiger partial charge on any atom is -0.478 e. The van der Waals surface area contributed by atoms with Crippen LogP contribution in [0.5, 0.6) is 0 Å². The minimum absolute atomic E-state index is 0.0826. The number of carboxylic acid groups (broad SMARTS) is 1. The van der Waals surface area contributed by atoms with Crippen LogP contribution in [0, 0.1) is 10.1 Å². The van der Waals surface area contributed by atoms with E-state index in [4.69, 9.17) is 5.11 Å². The Hall–Kier alpha value is -2.34. The van der Waals surface area contributed by atoms with Crippen molar-refractivity contribution >= 4 is 23.4 Å². The number of rotatable bonds is 5. The van der Waals surface area contributed by atoms with Crippen molar-refractivity contribution in [2.45, 2.75) is 10.6 Å². The highest BCUT2D eigenvalue weighted by Gasteiger charge is 2.17. The zero-order valence-electron chi connectivity index (χ0n) is 10.4. The van der Waals surface area contributed by atoms with E-state index in [1.807, 2.05) is 30.3 Å². The van der Waals surface area contributed by atoms with Crippen LogP contribution in [0.4, 0.5) is 5.69 Å². The Labute approximate surface area is 119 Å². The quantitative estimate of drug-likeness (QED) is 0.517. The standard InChI is InChI=1S/C14H11NO4S/c16-14(17)11-6-7-13(12(8-11)15(18)19)20-9-10-4-2-1-3-5-10/h1-8H,9H2,(H,16,17). The van der Waals surface area contributed by atoms with Gasteiger partial charge in [-0.05, 0) is 17.7 Å². The molecule has 0 amide bonds. The fourth-order valence-corrected chi connectivity index (χ4v) is 2.61. The van der Waals surface area contributed by atoms with Crippen molar-refractivity contribution in [3.63, 3.8) is 0 Å². The number of nitro groups is 1. The number of hydrogen-bond acceptors (Lipinski definition) is 4. The maximum absolute atomic E-state index is 11.0. The van der Waals surface area contributed by atoms with Crippen LogP contribution in [0.3, 0.4) is 0 Å². The first kappa shape index (κ1) is 14.1. The molecule has 0 heterocycles. The largest absolute Gasteiger partial charge is 0.478 e. The lowest BCUT2D eigenvalue weighted by molar-refractivity contribution is -0.387. The van der Waals surface area contributed by atoms with E-state index >= 15 is 0 Å². The van der Waals surface area contributed by atoms with Gasteiger partial charge < -0.3 is 5.11 Å². The van der Waals surface area contributed by atoms with Gasteiger partial charge in [0.05, 0.1) is 15.4 Å². The predicted molar refractivity (Wildman–Crippen MR) is 76.1 cm³/mol. The molecule has 0 aliphatic carbocycles. The van der Waals surface area contributed by atoms with Crippen LogP contribution in [0.25, 0.3) is 0 Å². The highest BCUT2D eigenvalue weighted by atomic mass is 32.2. The number of hydrogen-bond donors (Lipinski definition) is 1. The van der Waals surface area contributed by atoms with Crippen LogP contribution in [0.15, 0.2) is 53.4 Å². The number of nitro benzene ring substituents is 1. The second-order valence-electron chi connectivity index (χ2n) is 4.02. The van der Waals surface area contributed by atoms with Crippen LogP contribution < -0.4 is 0 Å². The molecule has 0 aliphatic rings. The molecule has 0 bridgehead atoms. The first-order valence-corrected chi connectivity index (χ1v) is 6.75. The maximum atomic E-state index is 11.0. The van der Waals surface area contributed by atoms with E-state index < -0.39 is 10.9 Å². The molecule has 0 spiro atoms. The van der Waals surface area contributed by atoms with E-state index in [1.165, 1.54) is 23.9 Å². The summed E-state index contributed by atoms with van der Waals surface area (Å²) in [5, 5.41) is 19.9. The molecule has 0 unspecified atom stereocenters. The van der Waals surface area contributed by atoms with Gasteiger partial charge in [0.2, 0.25) is 0 Å². The number of aromatic carboxylic acids is 1. The fraction of sp³-hybridized carbons (Fsp3) is 0.0714. The Morgan fingerprint density at radius 1 is 1.20 bits per heavy atom. The zero-order chi connectivity index (χ0) is 14.5. The summed E-state index contributed by atoms with van der Waals surface area (Å²) in [5.74, 6) is -0.582. The van der Waals surface area contributed by atoms with Gasteiger partial charge in [-0.2, -0.15) is 0 Å². The van der Waals surface area contributed by atoms with Crippen molar-refractivity contribution in [2.75, 3.05) is 0 Å². The van der Waals surface area contributed by atoms with E-state index in [-0.39, 0.29) is 11.3 Å². The van der Waals surface area contributed by atoms with Gasteiger partial charge in [0.25, 0.3) is 5.69 Å². The second-order valence-corrected chi connectivity index (χ2v) is 5.04. The molecule has 0 saturated heterocycles. The molecule has 0 atom stereocenters. The number of thioether (sulfide) groups is 1. The van der Waals surface area contributed by atoms with Crippen LogP contribution in [-0.2, 0) is 5.75 Å². The van der Waals surface area contributed by atoms with Crippen LogP contribution in [0.2, 0.25) is 0 Å². The third kappa shape index (κ3) is 3.36. The molecule has 2 aromatic carbocycles. The highest BCUT2D eigenvalue weighted by molar-refractivity contribution is 7.98. The summed E-state index contributed by atoms with van der Waals surface area (Å²) in [6.07, 6.45) is 0. The summed E-state index contributed by atoms with van der Waals surface area (Å²) in [7, 11) is 0. The fourth-order valence-electron chi connectivity index (χ4n) is 1.65. The van der Waals surface area contributed by atoms with Crippen LogP contribution in [0.1, 0.15) is 15.9 Å². The molecule has 2 rings (SSSR count). The highest BCUT2D eigenvalue weighted by Crippen LogP contribution is 2.32. The Bertz CT molecular complexity index is 643. The SMILES string of the molecule is O=C(O)c1ccc(SCc2ccccc2)c([N+](=O)[O-])c1. The topological polar surface area (TPSA) is 80.4 Å². The summed E-state index contributed by atoms with van der Waals surface area (Å²) in [6, 6.07) is 13.5. The number of carbonyl (C=O) groups is 1. The summed E-state index contributed by atoms with van der Waals surface area (Å²) in [4.78, 5) is 21.8. The molecule has 5 nitrogen and oxygen atoms in total. The van der Waals surface area contributed by atoms with Crippen molar-refractivity contribution in [3.05, 3.63) is 69.8 Å². The van der Waals surface area contributed by atoms with Gasteiger partial charge in [0, 0.05) is 11.8 Å². The molecular weight excluding hydrogens is 278 g/mol. The van der Waals surface area contributed by atoms with E-state index in [0.29, 0.717) is 10.6 Å². The lowest BCUT2D eigenvalue weighted by Gasteiger charge is -2.04. The first-order valence-electron chi connectivity index (χ1n) is 5.76. The van der Waals surface area contributed by atoms with Crippen molar-refractivity contribution in [1.29, 1.82) is 0 Å². The monoisotopic (exact) mass is 289 g/mol. The van der Waals surface area contributed by atoms with E-state index in [0.717, 1.165) is 11.6 Å². The third-order valence-corrected chi connectivity index (χ3v) is 3.77. The average Bonchev–Trinajstić information content (AvgIpc) is 2.45. The Morgan fingerprint density at radius 2 is 1.90 bits per heavy atom. The number of benzene rings is 2. The number of nitrogens with zero attached hydrogens (tertiary/aromatic N) is 1. The van der Waals surface area contributed by atoms with Crippen LogP contribution >= 0.6 is 11.8 Å². The van der Waals surface area contributed by atoms with Crippen molar-refractivity contribution in [1.82, 2.24) is 0 Å². The van der Waals surface area contributed by atoms with Crippen molar-refractivity contribution in [2.24, 2.45) is 0 Å². The van der Waals surface area contributed by atoms with Gasteiger partial charge >= 0.3 is 5.97 Å². The second kappa shape index (κ2) is 6.21. The van der Waals surface area contributed by atoms with Crippen molar-refractivity contribution < 1.29 is 14.8 Å². The molecule has 0 fully saturated rings. The molecule has 0 radical (unpaired) electrons. The molecule has 102 valence electrons. The molecule has 0 aromatic heterocycles. The summed E-state index contributed by atoms with van der Waals surface area (Å²) < 4.78 is 0. The summed E-state index contributed by atoms with van der Waals surface area (Å²) in [6.45, 7) is 0. The lowest BCUT2D eigenvalue weighted by atomic mass is 10.2. The van der Waals surface area contributed by atoms with E-state index in [2.05, 4.69) is 0 Å². The minimum atomic E-state index is -1.17. The molecule has 2 aromatic rings. The van der Waals surface area contributed by atoms with E-state index in [9.17, 15) is 14.9 Å². The molecular formula is C14H11NO4S. The molecule has 6 heteroatoms. The summed E-state index contributed by atoms with van der Waals surface area (Å²) >= 11 is 1.31. The third-order valence-electron chi connectivity index (χ3n) is 2.64. The lowest BCUT2D eigenvalue weighted by Crippen LogP contribution is -1.99. The predicted octanol–water partition coefficient (Wildman–Crippen LogP) is 3.59. The van der Waals surface area contributed by atoms with E-state index in [1.54, 1.807) is 0 Å². The smallest absolute Gasteiger partial charge is 0.335 e. The average molecular weight is 289 g/mol. The Kier molecular flexibility index (Phi) is 4.37. The van der Waals surface area contributed by atoms with Gasteiger partial charge in [-0.15, -0.1) is 11.8 Å². The molecule has 0 aliphatic heterocycles. The van der Waals surface area contributed by atoms with Crippen molar-refractivity contribution in [3.8, 4) is 0 Å². The summed E-state index contributed by atoms with van der Waals surface area (Å²) in [5.41, 5.74) is 0.792. The molecule has 0 saturated carbocycles. The van der Waals surface area contributed by atoms with Gasteiger partial charge in [0.1, 0.15) is 0 Å². The first-order chi connectivity index (χ1) is 9.58. The van der Waals surface area contributed by atoms with Gasteiger partial charge in [-0.25, -0.2) is 4.79 Å². The normalized spacial score (nSPS) is 10.2. The van der Waals surface area contributed by atoms with Gasteiger partial charge in [-0.1, -0.05) is 30.3 Å². The zero-order valence-corrected chi connectivity index (χ0v) is 11.2. The van der Waals surface area contributed by atoms with Gasteiger partial charge in [0.15, 0.2) is 0 Å². The Balaban J connectivity index is 2.23. The molecule has 20 heavy (non-hydrogen) atoms.